The topological polar surface area (TPSA) is 0 Å². The Balaban J connectivity index is 2.38. The van der Waals surface area contributed by atoms with Crippen LogP contribution in [-0.2, 0) is 0 Å². The summed E-state index contributed by atoms with van der Waals surface area (Å²) in [6.45, 7) is 0. The van der Waals surface area contributed by atoms with E-state index in [-0.39, 0.29) is 0 Å². The normalized spacial score (nSPS) is 34.7. The zero-order valence-electron chi connectivity index (χ0n) is 5.22. The fourth-order valence-electron chi connectivity index (χ4n) is 2.20. The number of hydrogen-bond acceptors (Lipinski definition) is 0. The second-order valence-corrected chi connectivity index (χ2v) is 3.05. The summed E-state index contributed by atoms with van der Waals surface area (Å²) in [5, 5.41) is 0. The minimum Gasteiger partial charge on any atom is -0.0581 e. The Kier molecular flexibility index (Phi) is 0.484. The van der Waals surface area contributed by atoms with Crippen LogP contribution in [0.4, 0.5) is 0 Å². The molecular formula is C9H8. The van der Waals surface area contributed by atoms with Gasteiger partial charge in [-0.05, 0) is 29.6 Å². The average molecular weight is 116 g/mol. The van der Waals surface area contributed by atoms with Crippen molar-refractivity contribution in [2.45, 2.75) is 12.8 Å². The van der Waals surface area contributed by atoms with Crippen molar-refractivity contribution in [2.24, 2.45) is 5.92 Å². The summed E-state index contributed by atoms with van der Waals surface area (Å²) in [4.78, 5) is 0. The Morgan fingerprint density at radius 1 is 1.33 bits per heavy atom. The molecule has 0 N–H and O–H groups in total. The summed E-state index contributed by atoms with van der Waals surface area (Å²) in [7, 11) is 0. The zero-order chi connectivity index (χ0) is 5.84. The van der Waals surface area contributed by atoms with Gasteiger partial charge < -0.3 is 0 Å². The highest BCUT2D eigenvalue weighted by atomic mass is 14.4. The van der Waals surface area contributed by atoms with E-state index < -0.39 is 0 Å². The van der Waals surface area contributed by atoms with Crippen LogP contribution in [0.25, 0.3) is 0 Å². The molecule has 0 saturated heterocycles. The molecule has 0 heterocycles. The first-order chi connectivity index (χ1) is 4.45. The molecule has 0 aliphatic heterocycles. The van der Waals surface area contributed by atoms with Gasteiger partial charge in [-0.3, -0.25) is 0 Å². The maximum absolute atomic E-state index is 2.36. The molecule has 44 valence electrons. The second-order valence-electron chi connectivity index (χ2n) is 3.05. The number of hydrogen-bond donors (Lipinski definition) is 0. The fourth-order valence-corrected chi connectivity index (χ4v) is 2.20. The monoisotopic (exact) mass is 116 g/mol. The van der Waals surface area contributed by atoms with Crippen LogP contribution >= 0.6 is 0 Å². The van der Waals surface area contributed by atoms with Gasteiger partial charge >= 0.3 is 0 Å². The minimum atomic E-state index is 0.847. The van der Waals surface area contributed by atoms with Gasteiger partial charge in [-0.2, -0.15) is 0 Å². The van der Waals surface area contributed by atoms with Gasteiger partial charge in [0, 0.05) is 5.92 Å². The molecular weight excluding hydrogens is 108 g/mol. The van der Waals surface area contributed by atoms with E-state index in [2.05, 4.69) is 18.2 Å². The van der Waals surface area contributed by atoms with Gasteiger partial charge in [-0.15, -0.1) is 0 Å². The van der Waals surface area contributed by atoms with E-state index in [4.69, 9.17) is 0 Å². The molecule has 0 aromatic carbocycles. The van der Waals surface area contributed by atoms with Crippen LogP contribution in [0.15, 0.2) is 34.9 Å². The molecule has 0 aromatic rings. The molecule has 3 aliphatic rings. The molecule has 0 aromatic heterocycles. The van der Waals surface area contributed by atoms with Crippen LogP contribution in [-0.4, -0.2) is 0 Å². The van der Waals surface area contributed by atoms with Crippen molar-refractivity contribution in [3.05, 3.63) is 34.9 Å². The molecule has 0 spiro atoms. The lowest BCUT2D eigenvalue weighted by atomic mass is 9.98. The highest BCUT2D eigenvalue weighted by molar-refractivity contribution is 5.60. The first kappa shape index (κ1) is 4.10. The van der Waals surface area contributed by atoms with Crippen molar-refractivity contribution in [1.29, 1.82) is 0 Å². The first-order valence-corrected chi connectivity index (χ1v) is 3.58. The third-order valence-corrected chi connectivity index (χ3v) is 2.65. The number of rotatable bonds is 0. The lowest BCUT2D eigenvalue weighted by Gasteiger charge is -2.05. The minimum absolute atomic E-state index is 0.847. The summed E-state index contributed by atoms with van der Waals surface area (Å²) < 4.78 is 0. The summed E-state index contributed by atoms with van der Waals surface area (Å²) in [5.41, 5.74) is 4.83. The Morgan fingerprint density at radius 2 is 2.33 bits per heavy atom. The van der Waals surface area contributed by atoms with Crippen LogP contribution in [0.1, 0.15) is 12.8 Å². The maximum Gasteiger partial charge on any atom is 0.00953 e. The number of allylic oxidation sites excluding steroid dienone is 6. The SMILES string of the molecule is C1=CC2=C3C=C1C2CC3. The quantitative estimate of drug-likeness (QED) is 0.455. The van der Waals surface area contributed by atoms with Crippen molar-refractivity contribution in [2.75, 3.05) is 0 Å². The van der Waals surface area contributed by atoms with E-state index in [0.29, 0.717) is 0 Å². The van der Waals surface area contributed by atoms with E-state index in [1.807, 2.05) is 0 Å². The van der Waals surface area contributed by atoms with Crippen LogP contribution < -0.4 is 0 Å². The van der Waals surface area contributed by atoms with E-state index in [0.717, 1.165) is 5.92 Å². The highest BCUT2D eigenvalue weighted by Gasteiger charge is 2.33. The Morgan fingerprint density at radius 3 is 2.89 bits per heavy atom. The maximum atomic E-state index is 2.36. The van der Waals surface area contributed by atoms with E-state index >= 15 is 0 Å². The third-order valence-electron chi connectivity index (χ3n) is 2.65. The molecule has 0 radical (unpaired) electrons. The Labute approximate surface area is 54.6 Å². The molecule has 3 rings (SSSR count). The van der Waals surface area contributed by atoms with Crippen LogP contribution in [0.3, 0.4) is 0 Å². The molecule has 0 fully saturated rings. The highest BCUT2D eigenvalue weighted by Crippen LogP contribution is 2.48. The summed E-state index contributed by atoms with van der Waals surface area (Å²) in [5.74, 6) is 0.847. The molecule has 9 heavy (non-hydrogen) atoms. The van der Waals surface area contributed by atoms with Crippen molar-refractivity contribution < 1.29 is 0 Å². The smallest absolute Gasteiger partial charge is 0.00953 e. The lowest BCUT2D eigenvalue weighted by molar-refractivity contribution is 0.723. The van der Waals surface area contributed by atoms with Crippen LogP contribution in [0, 0.1) is 5.92 Å². The predicted molar refractivity (Wildman–Crippen MR) is 37.0 cm³/mol. The molecule has 0 heteroatoms. The van der Waals surface area contributed by atoms with Gasteiger partial charge in [0.05, 0.1) is 0 Å². The molecule has 0 saturated carbocycles. The third kappa shape index (κ3) is 0.309. The van der Waals surface area contributed by atoms with Gasteiger partial charge in [0.15, 0.2) is 0 Å². The van der Waals surface area contributed by atoms with E-state index in [1.165, 1.54) is 12.8 Å². The van der Waals surface area contributed by atoms with Crippen molar-refractivity contribution in [3.8, 4) is 0 Å². The van der Waals surface area contributed by atoms with Gasteiger partial charge in [0.1, 0.15) is 0 Å². The van der Waals surface area contributed by atoms with Crippen LogP contribution in [0.2, 0.25) is 0 Å². The molecule has 0 amide bonds. The zero-order valence-corrected chi connectivity index (χ0v) is 5.22. The van der Waals surface area contributed by atoms with Gasteiger partial charge in [-0.25, -0.2) is 0 Å². The van der Waals surface area contributed by atoms with Crippen molar-refractivity contribution >= 4 is 0 Å². The largest absolute Gasteiger partial charge is 0.0581 e. The van der Waals surface area contributed by atoms with Crippen LogP contribution in [0.5, 0.6) is 0 Å². The van der Waals surface area contributed by atoms with Crippen molar-refractivity contribution in [3.63, 3.8) is 0 Å². The Bertz CT molecular complexity index is 264. The Hall–Kier alpha value is -0.780. The lowest BCUT2D eigenvalue weighted by Crippen LogP contribution is -1.92. The molecule has 1 unspecified atom stereocenters. The fraction of sp³-hybridized carbons (Fsp3) is 0.333. The summed E-state index contributed by atoms with van der Waals surface area (Å²) >= 11 is 0. The summed E-state index contributed by atoms with van der Waals surface area (Å²) in [6, 6.07) is 0. The average Bonchev–Trinajstić information content (AvgIpc) is 2.50. The van der Waals surface area contributed by atoms with E-state index in [1.54, 1.807) is 16.7 Å². The molecule has 3 aliphatic carbocycles. The van der Waals surface area contributed by atoms with Gasteiger partial charge in [0.25, 0.3) is 0 Å². The van der Waals surface area contributed by atoms with Gasteiger partial charge in [-0.1, -0.05) is 18.2 Å². The predicted octanol–water partition coefficient (Wildman–Crippen LogP) is 2.20. The van der Waals surface area contributed by atoms with E-state index in [9.17, 15) is 0 Å². The van der Waals surface area contributed by atoms with Crippen molar-refractivity contribution in [1.82, 2.24) is 0 Å². The van der Waals surface area contributed by atoms with Gasteiger partial charge in [0.2, 0.25) is 0 Å². The first-order valence-electron chi connectivity index (χ1n) is 3.58. The second kappa shape index (κ2) is 1.06. The standard InChI is InChI=1S/C9H8/c1-3-8-7-2-4-9(8)6(1)5-7/h1,3,5,9H,2,4H2. The molecule has 0 nitrogen and oxygen atoms in total. The summed E-state index contributed by atoms with van der Waals surface area (Å²) in [6.07, 6.45) is 9.66. The molecule has 4 bridgehead atoms. The molecule has 1 atom stereocenters.